The van der Waals surface area contributed by atoms with E-state index in [1.807, 2.05) is 6.07 Å². The number of para-hydroxylation sites is 1. The van der Waals surface area contributed by atoms with Gasteiger partial charge < -0.3 is 42.6 Å². The number of carboxylic acids is 2. The Morgan fingerprint density at radius 3 is 2.19 bits per heavy atom. The number of carboxylic acid groups (broad SMARTS) is 2. The fourth-order valence-corrected chi connectivity index (χ4v) is 3.49. The molecule has 4 atom stereocenters. The number of nitrogens with two attached hydrogens (primary N) is 2. The smallest absolute Gasteiger partial charge is 0.325 e. The Morgan fingerprint density at radius 2 is 1.57 bits per heavy atom. The molecule has 0 fully saturated rings. The normalized spacial score (nSPS) is 14.1. The number of carbonyl (C=O) groups is 6. The maximum atomic E-state index is 13.3. The van der Waals surface area contributed by atoms with Crippen molar-refractivity contribution in [1.29, 1.82) is 0 Å². The van der Waals surface area contributed by atoms with Crippen molar-refractivity contribution in [3.63, 3.8) is 0 Å². The Balaban J connectivity index is 2.30. The van der Waals surface area contributed by atoms with E-state index >= 15 is 0 Å². The molecule has 0 bridgehead atoms. The molecule has 2 aromatic rings. The Hall–Kier alpha value is -4.46. The van der Waals surface area contributed by atoms with Crippen LogP contribution in [0.3, 0.4) is 0 Å². The highest BCUT2D eigenvalue weighted by Crippen LogP contribution is 2.19. The molecule has 37 heavy (non-hydrogen) atoms. The Bertz CT molecular complexity index is 1180. The number of benzene rings is 1. The average Bonchev–Trinajstić information content (AvgIpc) is 3.23. The number of nitrogens with one attached hydrogen (secondary N) is 4. The van der Waals surface area contributed by atoms with E-state index in [-0.39, 0.29) is 19.3 Å². The zero-order chi connectivity index (χ0) is 27.7. The summed E-state index contributed by atoms with van der Waals surface area (Å²) in [6.45, 7) is 1.22. The first-order valence-electron chi connectivity index (χ1n) is 11.3. The third-order valence-corrected chi connectivity index (χ3v) is 5.50. The number of hydrogen-bond donors (Lipinski definition) is 8. The van der Waals surface area contributed by atoms with E-state index in [4.69, 9.17) is 21.7 Å². The number of fused-ring (bicyclic) bond motifs is 1. The minimum atomic E-state index is -1.44. The molecule has 10 N–H and O–H groups in total. The number of amides is 4. The van der Waals surface area contributed by atoms with Crippen LogP contribution in [-0.2, 0) is 35.2 Å². The van der Waals surface area contributed by atoms with Gasteiger partial charge in [-0.15, -0.1) is 0 Å². The van der Waals surface area contributed by atoms with E-state index in [1.54, 1.807) is 24.4 Å². The maximum Gasteiger partial charge on any atom is 0.325 e. The molecule has 0 aliphatic heterocycles. The SMILES string of the molecule is CC(NC(=O)C(CCC(N)=O)NC(=O)C(Cc1c[nH]c2ccccc12)NC(=O)C(N)CC(=O)O)C(=O)O. The van der Waals surface area contributed by atoms with Crippen LogP contribution in [0.25, 0.3) is 10.9 Å². The van der Waals surface area contributed by atoms with Crippen molar-refractivity contribution in [2.24, 2.45) is 11.5 Å². The van der Waals surface area contributed by atoms with Gasteiger partial charge in [-0.3, -0.25) is 28.8 Å². The van der Waals surface area contributed by atoms with Crippen molar-refractivity contribution in [3.8, 4) is 0 Å². The molecule has 200 valence electrons. The lowest BCUT2D eigenvalue weighted by Crippen LogP contribution is -2.57. The number of rotatable bonds is 14. The minimum absolute atomic E-state index is 0.0585. The number of carbonyl (C=O) groups excluding carboxylic acids is 4. The molecule has 0 saturated carbocycles. The van der Waals surface area contributed by atoms with E-state index in [1.165, 1.54) is 6.92 Å². The minimum Gasteiger partial charge on any atom is -0.481 e. The fraction of sp³-hybridized carbons (Fsp3) is 0.391. The number of primary amides is 1. The van der Waals surface area contributed by atoms with Gasteiger partial charge in [-0.1, -0.05) is 18.2 Å². The molecule has 4 amide bonds. The standard InChI is InChI=1S/C23H30N6O8/c1-11(23(36)37)27-21(34)16(6-7-18(25)30)28-22(35)17(29-20(33)14(24)9-19(31)32)8-12-10-26-15-5-3-2-4-13(12)15/h2-5,10-11,14,16-17,26H,6-9,24H2,1H3,(H2,25,30)(H,27,34)(H,28,35)(H,29,33)(H,31,32)(H,36,37). The molecule has 1 aromatic carbocycles. The van der Waals surface area contributed by atoms with Gasteiger partial charge in [0, 0.05) is 29.9 Å². The zero-order valence-electron chi connectivity index (χ0n) is 20.0. The predicted molar refractivity (Wildman–Crippen MR) is 130 cm³/mol. The zero-order valence-corrected chi connectivity index (χ0v) is 20.0. The van der Waals surface area contributed by atoms with E-state index in [9.17, 15) is 28.8 Å². The maximum absolute atomic E-state index is 13.3. The highest BCUT2D eigenvalue weighted by Gasteiger charge is 2.30. The lowest BCUT2D eigenvalue weighted by molar-refractivity contribution is -0.142. The van der Waals surface area contributed by atoms with E-state index in [2.05, 4.69) is 20.9 Å². The van der Waals surface area contributed by atoms with E-state index in [0.717, 1.165) is 10.9 Å². The Kier molecular flexibility index (Phi) is 10.1. The quantitative estimate of drug-likeness (QED) is 0.142. The van der Waals surface area contributed by atoms with Gasteiger partial charge in [0.25, 0.3) is 0 Å². The molecule has 4 unspecified atom stereocenters. The molecule has 0 spiro atoms. The van der Waals surface area contributed by atoms with Crippen LogP contribution < -0.4 is 27.4 Å². The number of hydrogen-bond acceptors (Lipinski definition) is 7. The van der Waals surface area contributed by atoms with Gasteiger partial charge in [-0.25, -0.2) is 0 Å². The van der Waals surface area contributed by atoms with Crippen LogP contribution in [0.15, 0.2) is 30.5 Å². The molecule has 1 aromatic heterocycles. The molecule has 0 radical (unpaired) electrons. The third kappa shape index (κ3) is 8.61. The molecule has 0 aliphatic carbocycles. The van der Waals surface area contributed by atoms with Crippen LogP contribution in [0.5, 0.6) is 0 Å². The highest BCUT2D eigenvalue weighted by molar-refractivity contribution is 5.95. The van der Waals surface area contributed by atoms with Crippen LogP contribution in [0.4, 0.5) is 0 Å². The number of H-pyrrole nitrogens is 1. The lowest BCUT2D eigenvalue weighted by Gasteiger charge is -2.24. The molecule has 14 nitrogen and oxygen atoms in total. The Morgan fingerprint density at radius 1 is 0.946 bits per heavy atom. The molecule has 14 heteroatoms. The number of aromatic nitrogens is 1. The van der Waals surface area contributed by atoms with Crippen LogP contribution in [0.1, 0.15) is 31.7 Å². The topological polar surface area (TPSA) is 247 Å². The van der Waals surface area contributed by atoms with Crippen molar-refractivity contribution in [2.45, 2.75) is 56.8 Å². The molecule has 1 heterocycles. The first-order valence-corrected chi connectivity index (χ1v) is 11.3. The second-order valence-corrected chi connectivity index (χ2v) is 8.46. The Labute approximate surface area is 211 Å². The first kappa shape index (κ1) is 28.8. The van der Waals surface area contributed by atoms with Crippen molar-refractivity contribution in [3.05, 3.63) is 36.0 Å². The van der Waals surface area contributed by atoms with Crippen LogP contribution in [-0.4, -0.2) is 74.9 Å². The predicted octanol–water partition coefficient (Wildman–Crippen LogP) is -1.66. The molecule has 0 aliphatic rings. The van der Waals surface area contributed by atoms with Crippen LogP contribution in [0.2, 0.25) is 0 Å². The monoisotopic (exact) mass is 518 g/mol. The summed E-state index contributed by atoms with van der Waals surface area (Å²) in [7, 11) is 0. The second-order valence-electron chi connectivity index (χ2n) is 8.46. The van der Waals surface area contributed by atoms with Crippen LogP contribution >= 0.6 is 0 Å². The summed E-state index contributed by atoms with van der Waals surface area (Å²) in [5.41, 5.74) is 12.2. The lowest BCUT2D eigenvalue weighted by atomic mass is 10.0. The summed E-state index contributed by atoms with van der Waals surface area (Å²) >= 11 is 0. The second kappa shape index (κ2) is 13.0. The van der Waals surface area contributed by atoms with Gasteiger partial charge in [-0.05, 0) is 25.0 Å². The summed E-state index contributed by atoms with van der Waals surface area (Å²) in [6, 6.07) is 1.82. The van der Waals surface area contributed by atoms with Crippen molar-refractivity contribution in [1.82, 2.24) is 20.9 Å². The van der Waals surface area contributed by atoms with Gasteiger partial charge >= 0.3 is 11.9 Å². The van der Waals surface area contributed by atoms with E-state index < -0.39 is 66.2 Å². The molecular weight excluding hydrogens is 488 g/mol. The van der Waals surface area contributed by atoms with Crippen molar-refractivity contribution >= 4 is 46.5 Å². The highest BCUT2D eigenvalue weighted by atomic mass is 16.4. The number of aromatic amines is 1. The van der Waals surface area contributed by atoms with Crippen LogP contribution in [0, 0.1) is 0 Å². The van der Waals surface area contributed by atoms with Gasteiger partial charge in [-0.2, -0.15) is 0 Å². The van der Waals surface area contributed by atoms with E-state index in [0.29, 0.717) is 5.56 Å². The molecule has 0 saturated heterocycles. The third-order valence-electron chi connectivity index (χ3n) is 5.50. The molecular formula is C23H30N6O8. The van der Waals surface area contributed by atoms with Crippen molar-refractivity contribution < 1.29 is 39.0 Å². The van der Waals surface area contributed by atoms with Gasteiger partial charge in [0.2, 0.25) is 23.6 Å². The summed E-state index contributed by atoms with van der Waals surface area (Å²) < 4.78 is 0. The molecule has 2 rings (SSSR count). The first-order chi connectivity index (χ1) is 17.4. The number of aliphatic carboxylic acids is 2. The van der Waals surface area contributed by atoms with Gasteiger partial charge in [0.15, 0.2) is 0 Å². The summed E-state index contributed by atoms with van der Waals surface area (Å²) in [4.78, 5) is 74.9. The summed E-state index contributed by atoms with van der Waals surface area (Å²) in [6.07, 6.45) is 0.384. The van der Waals surface area contributed by atoms with Crippen molar-refractivity contribution in [2.75, 3.05) is 0 Å². The van der Waals surface area contributed by atoms with Gasteiger partial charge in [0.1, 0.15) is 18.1 Å². The fourth-order valence-electron chi connectivity index (χ4n) is 3.49. The van der Waals surface area contributed by atoms with Gasteiger partial charge in [0.05, 0.1) is 12.5 Å². The summed E-state index contributed by atoms with van der Waals surface area (Å²) in [5, 5.41) is 25.8. The largest absolute Gasteiger partial charge is 0.481 e. The summed E-state index contributed by atoms with van der Waals surface area (Å²) in [5.74, 6) is -5.99. The average molecular weight is 519 g/mol.